The smallest absolute Gasteiger partial charge is 0.147 e. The summed E-state index contributed by atoms with van der Waals surface area (Å²) >= 11 is 0. The van der Waals surface area contributed by atoms with Gasteiger partial charge in [0.25, 0.3) is 0 Å². The predicted octanol–water partition coefficient (Wildman–Crippen LogP) is 4.62. The van der Waals surface area contributed by atoms with E-state index in [9.17, 15) is 4.39 Å². The van der Waals surface area contributed by atoms with Crippen LogP contribution in [-0.4, -0.2) is 29.5 Å². The number of nitrogens with zero attached hydrogens (tertiary/aromatic N) is 6. The summed E-state index contributed by atoms with van der Waals surface area (Å²) in [6.07, 6.45) is 2.88. The molecule has 0 aliphatic heterocycles. The van der Waals surface area contributed by atoms with Crippen LogP contribution in [0, 0.1) is 19.7 Å². The summed E-state index contributed by atoms with van der Waals surface area (Å²) in [7, 11) is 1.88. The lowest BCUT2D eigenvalue weighted by Crippen LogP contribution is -2.15. The van der Waals surface area contributed by atoms with Crippen LogP contribution < -0.4 is 0 Å². The molecule has 154 valence electrons. The second-order valence-electron chi connectivity index (χ2n) is 7.59. The zero-order valence-corrected chi connectivity index (χ0v) is 17.5. The van der Waals surface area contributed by atoms with Crippen molar-refractivity contribution < 1.29 is 4.39 Å². The van der Waals surface area contributed by atoms with Gasteiger partial charge in [0, 0.05) is 24.4 Å². The maximum absolute atomic E-state index is 14.9. The van der Waals surface area contributed by atoms with Gasteiger partial charge in [-0.3, -0.25) is 4.98 Å². The van der Waals surface area contributed by atoms with Crippen molar-refractivity contribution in [3.05, 3.63) is 95.5 Å². The fourth-order valence-electron chi connectivity index (χ4n) is 4.25. The average Bonchev–Trinajstić information content (AvgIpc) is 3.28. The SMILES string of the molecule is Cc1nnn(C)c1-c1ccc2nc(C)n([C@@H](c3ccccc3)c3ccncc3F)c2c1. The summed E-state index contributed by atoms with van der Waals surface area (Å²) in [5, 5.41) is 8.31. The minimum Gasteiger partial charge on any atom is -0.316 e. The molecule has 0 N–H and O–H groups in total. The number of hydrogen-bond acceptors (Lipinski definition) is 4. The molecular weight excluding hydrogens is 391 g/mol. The highest BCUT2D eigenvalue weighted by Crippen LogP contribution is 2.34. The molecule has 0 bridgehead atoms. The van der Waals surface area contributed by atoms with Crippen molar-refractivity contribution in [2.24, 2.45) is 7.05 Å². The van der Waals surface area contributed by atoms with Gasteiger partial charge in [0.1, 0.15) is 11.6 Å². The molecule has 3 heterocycles. The summed E-state index contributed by atoms with van der Waals surface area (Å²) in [5.74, 6) is 0.456. The molecular formula is C24H21FN6. The second-order valence-corrected chi connectivity index (χ2v) is 7.59. The van der Waals surface area contributed by atoms with Gasteiger partial charge in [0.15, 0.2) is 0 Å². The number of pyridine rings is 1. The van der Waals surface area contributed by atoms with Crippen LogP contribution in [0.15, 0.2) is 67.0 Å². The van der Waals surface area contributed by atoms with Gasteiger partial charge in [-0.1, -0.05) is 41.6 Å². The lowest BCUT2D eigenvalue weighted by Gasteiger charge is -2.23. The lowest BCUT2D eigenvalue weighted by atomic mass is 9.98. The van der Waals surface area contributed by atoms with Gasteiger partial charge < -0.3 is 4.57 Å². The Morgan fingerprint density at radius 1 is 1.00 bits per heavy atom. The molecule has 0 radical (unpaired) electrons. The molecule has 0 aliphatic carbocycles. The van der Waals surface area contributed by atoms with Crippen LogP contribution in [0.3, 0.4) is 0 Å². The summed E-state index contributed by atoms with van der Waals surface area (Å²) < 4.78 is 18.8. The van der Waals surface area contributed by atoms with Crippen molar-refractivity contribution in [3.63, 3.8) is 0 Å². The third-order valence-corrected chi connectivity index (χ3v) is 5.61. The van der Waals surface area contributed by atoms with Crippen LogP contribution in [0.2, 0.25) is 0 Å². The minimum atomic E-state index is -0.379. The summed E-state index contributed by atoms with van der Waals surface area (Å²) in [5.41, 5.74) is 6.07. The summed E-state index contributed by atoms with van der Waals surface area (Å²) in [6.45, 7) is 3.89. The van der Waals surface area contributed by atoms with Crippen LogP contribution in [0.5, 0.6) is 0 Å². The lowest BCUT2D eigenvalue weighted by molar-refractivity contribution is 0.567. The number of rotatable bonds is 4. The second kappa shape index (κ2) is 7.43. The van der Waals surface area contributed by atoms with Crippen molar-refractivity contribution in [1.82, 2.24) is 29.5 Å². The zero-order valence-electron chi connectivity index (χ0n) is 17.5. The monoisotopic (exact) mass is 412 g/mol. The molecule has 0 spiro atoms. The molecule has 5 rings (SSSR count). The Morgan fingerprint density at radius 3 is 2.52 bits per heavy atom. The van der Waals surface area contributed by atoms with E-state index in [1.807, 2.05) is 63.4 Å². The van der Waals surface area contributed by atoms with Crippen LogP contribution in [0.4, 0.5) is 4.39 Å². The number of aromatic nitrogens is 6. The van der Waals surface area contributed by atoms with Crippen LogP contribution in [-0.2, 0) is 7.05 Å². The van der Waals surface area contributed by atoms with Crippen molar-refractivity contribution in [2.45, 2.75) is 19.9 Å². The van der Waals surface area contributed by atoms with E-state index in [1.165, 1.54) is 6.20 Å². The molecule has 0 saturated heterocycles. The van der Waals surface area contributed by atoms with E-state index in [0.717, 1.165) is 39.4 Å². The van der Waals surface area contributed by atoms with Gasteiger partial charge >= 0.3 is 0 Å². The van der Waals surface area contributed by atoms with E-state index >= 15 is 0 Å². The number of halogens is 1. The first-order chi connectivity index (χ1) is 15.0. The van der Waals surface area contributed by atoms with Gasteiger partial charge in [-0.15, -0.1) is 5.10 Å². The number of aryl methyl sites for hydroxylation is 3. The molecule has 6 nitrogen and oxygen atoms in total. The average molecular weight is 412 g/mol. The third kappa shape index (κ3) is 3.18. The normalized spacial score (nSPS) is 12.4. The molecule has 5 aromatic rings. The summed E-state index contributed by atoms with van der Waals surface area (Å²) in [6, 6.07) is 17.4. The molecule has 31 heavy (non-hydrogen) atoms. The predicted molar refractivity (Wildman–Crippen MR) is 117 cm³/mol. The van der Waals surface area contributed by atoms with E-state index < -0.39 is 0 Å². The molecule has 2 aromatic carbocycles. The topological polar surface area (TPSA) is 61.4 Å². The van der Waals surface area contributed by atoms with Crippen LogP contribution in [0.1, 0.15) is 28.7 Å². The van der Waals surface area contributed by atoms with E-state index in [4.69, 9.17) is 4.98 Å². The quantitative estimate of drug-likeness (QED) is 0.432. The van der Waals surface area contributed by atoms with Crippen LogP contribution >= 0.6 is 0 Å². The third-order valence-electron chi connectivity index (χ3n) is 5.61. The standard InChI is InChI=1S/C24H21FN6/c1-15-23(30(3)29-28-15)18-9-10-21-22(13-18)31(16(2)27-21)24(17-7-5-4-6-8-17)19-11-12-26-14-20(19)25/h4-14,24H,1-3H3/t24-/m0/s1. The van der Waals surface area contributed by atoms with Crippen molar-refractivity contribution in [2.75, 3.05) is 0 Å². The van der Waals surface area contributed by atoms with Gasteiger partial charge in [0.2, 0.25) is 0 Å². The molecule has 0 saturated carbocycles. The van der Waals surface area contributed by atoms with Crippen LogP contribution in [0.25, 0.3) is 22.3 Å². The first-order valence-electron chi connectivity index (χ1n) is 10.0. The van der Waals surface area contributed by atoms with E-state index in [1.54, 1.807) is 16.9 Å². The fraction of sp³-hybridized carbons (Fsp3) is 0.167. The Bertz CT molecular complexity index is 1370. The number of benzene rings is 2. The Hall–Kier alpha value is -3.87. The van der Waals surface area contributed by atoms with E-state index in [-0.39, 0.29) is 11.9 Å². The fourth-order valence-corrected chi connectivity index (χ4v) is 4.25. The highest BCUT2D eigenvalue weighted by molar-refractivity contribution is 5.83. The van der Waals surface area contributed by atoms with Gasteiger partial charge in [-0.05, 0) is 37.6 Å². The van der Waals surface area contributed by atoms with Crippen molar-refractivity contribution in [1.29, 1.82) is 0 Å². The highest BCUT2D eigenvalue weighted by Gasteiger charge is 2.24. The maximum atomic E-state index is 14.9. The molecule has 0 amide bonds. The molecule has 0 fully saturated rings. The highest BCUT2D eigenvalue weighted by atomic mass is 19.1. The van der Waals surface area contributed by atoms with Gasteiger partial charge in [0.05, 0.1) is 34.7 Å². The van der Waals surface area contributed by atoms with Gasteiger partial charge in [-0.25, -0.2) is 14.1 Å². The Balaban J connectivity index is 1.79. The molecule has 1 atom stereocenters. The van der Waals surface area contributed by atoms with E-state index in [0.29, 0.717) is 5.56 Å². The number of hydrogen-bond donors (Lipinski definition) is 0. The Kier molecular flexibility index (Phi) is 4.58. The molecule has 0 unspecified atom stereocenters. The van der Waals surface area contributed by atoms with Crippen molar-refractivity contribution in [3.8, 4) is 11.3 Å². The minimum absolute atomic E-state index is 0.347. The number of fused-ring (bicyclic) bond motifs is 1. The molecule has 7 heteroatoms. The van der Waals surface area contributed by atoms with Crippen molar-refractivity contribution >= 4 is 11.0 Å². The summed E-state index contributed by atoms with van der Waals surface area (Å²) in [4.78, 5) is 8.71. The zero-order chi connectivity index (χ0) is 21.5. The van der Waals surface area contributed by atoms with E-state index in [2.05, 4.69) is 25.9 Å². The maximum Gasteiger partial charge on any atom is 0.147 e. The largest absolute Gasteiger partial charge is 0.316 e. The first-order valence-corrected chi connectivity index (χ1v) is 10.0. The molecule has 0 aliphatic rings. The number of imidazole rings is 1. The Labute approximate surface area is 179 Å². The van der Waals surface area contributed by atoms with Gasteiger partial charge in [-0.2, -0.15) is 0 Å². The Morgan fingerprint density at radius 2 is 1.81 bits per heavy atom. The first kappa shape index (κ1) is 19.1. The molecule has 3 aromatic heterocycles.